The van der Waals surface area contributed by atoms with E-state index in [1.165, 1.54) is 17.3 Å². The van der Waals surface area contributed by atoms with Gasteiger partial charge < -0.3 is 9.42 Å². The lowest BCUT2D eigenvalue weighted by Gasteiger charge is -2.33. The molecule has 1 aliphatic rings. The van der Waals surface area contributed by atoms with Crippen LogP contribution < -0.4 is 0 Å². The summed E-state index contributed by atoms with van der Waals surface area (Å²) in [5.41, 5.74) is -0.412. The highest BCUT2D eigenvalue weighted by molar-refractivity contribution is 5.83. The summed E-state index contributed by atoms with van der Waals surface area (Å²) in [6, 6.07) is 0.517. The van der Waals surface area contributed by atoms with Crippen molar-refractivity contribution in [1.29, 1.82) is 0 Å². The SMILES string of the molecule is CC(C)c1cc(C(F)(F)F)c2c([C@H]3CCCN(C(=O)[C@H](C)n4cncn4)C3)noc2n1. The van der Waals surface area contributed by atoms with Crippen LogP contribution in [0.4, 0.5) is 13.2 Å². The van der Waals surface area contributed by atoms with E-state index in [9.17, 15) is 18.0 Å². The summed E-state index contributed by atoms with van der Waals surface area (Å²) in [6.45, 7) is 6.03. The number of nitrogens with zero attached hydrogens (tertiary/aromatic N) is 6. The summed E-state index contributed by atoms with van der Waals surface area (Å²) < 4.78 is 48.3. The lowest BCUT2D eigenvalue weighted by molar-refractivity contribution is -0.137. The third kappa shape index (κ3) is 4.00. The van der Waals surface area contributed by atoms with Crippen molar-refractivity contribution < 1.29 is 22.5 Å². The number of pyridine rings is 1. The highest BCUT2D eigenvalue weighted by atomic mass is 19.4. The maximum absolute atomic E-state index is 13.9. The number of amides is 1. The summed E-state index contributed by atoms with van der Waals surface area (Å²) in [4.78, 5) is 22.7. The largest absolute Gasteiger partial charge is 0.417 e. The fraction of sp³-hybridized carbons (Fsp3) is 0.550. The second-order valence-corrected chi connectivity index (χ2v) is 8.17. The van der Waals surface area contributed by atoms with Gasteiger partial charge in [-0.25, -0.2) is 14.6 Å². The average molecular weight is 436 g/mol. The average Bonchev–Trinajstić information content (AvgIpc) is 3.41. The van der Waals surface area contributed by atoms with Crippen LogP contribution in [0.25, 0.3) is 11.1 Å². The molecule has 3 aromatic rings. The molecule has 4 rings (SSSR count). The highest BCUT2D eigenvalue weighted by Gasteiger charge is 2.39. The Hall–Kier alpha value is -2.98. The van der Waals surface area contributed by atoms with Gasteiger partial charge in [0, 0.05) is 24.7 Å². The molecule has 0 N–H and O–H groups in total. The maximum atomic E-state index is 13.9. The summed E-state index contributed by atoms with van der Waals surface area (Å²) in [7, 11) is 0. The minimum Gasteiger partial charge on any atom is -0.340 e. The molecule has 0 aliphatic carbocycles. The molecule has 11 heteroatoms. The maximum Gasteiger partial charge on any atom is 0.417 e. The third-order valence-corrected chi connectivity index (χ3v) is 5.70. The monoisotopic (exact) mass is 436 g/mol. The van der Waals surface area contributed by atoms with Crippen molar-refractivity contribution in [2.75, 3.05) is 13.1 Å². The Kier molecular flexibility index (Phi) is 5.44. The van der Waals surface area contributed by atoms with Crippen LogP contribution in [0, 0.1) is 0 Å². The van der Waals surface area contributed by atoms with E-state index < -0.39 is 17.8 Å². The van der Waals surface area contributed by atoms with E-state index in [1.807, 2.05) is 0 Å². The molecule has 4 heterocycles. The minimum absolute atomic E-state index is 0.111. The normalized spacial score (nSPS) is 18.7. The predicted octanol–water partition coefficient (Wildman–Crippen LogP) is 3.92. The van der Waals surface area contributed by atoms with Gasteiger partial charge in [0.15, 0.2) is 0 Å². The number of rotatable bonds is 4. The van der Waals surface area contributed by atoms with E-state index in [4.69, 9.17) is 4.52 Å². The number of likely N-dealkylation sites (tertiary alicyclic amines) is 1. The summed E-state index contributed by atoms with van der Waals surface area (Å²) in [5.74, 6) is -0.742. The molecule has 0 spiro atoms. The van der Waals surface area contributed by atoms with Crippen molar-refractivity contribution in [3.8, 4) is 0 Å². The van der Waals surface area contributed by atoms with Crippen LogP contribution in [-0.4, -0.2) is 48.8 Å². The second kappa shape index (κ2) is 7.93. The van der Waals surface area contributed by atoms with Crippen molar-refractivity contribution in [2.24, 2.45) is 0 Å². The molecule has 0 aromatic carbocycles. The molecule has 3 aromatic heterocycles. The number of aromatic nitrogens is 5. The first-order valence-corrected chi connectivity index (χ1v) is 10.2. The van der Waals surface area contributed by atoms with Gasteiger partial charge in [0.2, 0.25) is 5.91 Å². The Balaban J connectivity index is 1.68. The van der Waals surface area contributed by atoms with Crippen LogP contribution in [0.15, 0.2) is 23.2 Å². The van der Waals surface area contributed by atoms with Crippen LogP contribution >= 0.6 is 0 Å². The lowest BCUT2D eigenvalue weighted by atomic mass is 9.91. The van der Waals surface area contributed by atoms with Crippen molar-refractivity contribution >= 4 is 17.0 Å². The van der Waals surface area contributed by atoms with Crippen LogP contribution in [0.1, 0.15) is 68.4 Å². The van der Waals surface area contributed by atoms with Gasteiger partial charge in [-0.15, -0.1) is 0 Å². The van der Waals surface area contributed by atoms with Gasteiger partial charge in [0.05, 0.1) is 16.6 Å². The van der Waals surface area contributed by atoms with Gasteiger partial charge in [0.25, 0.3) is 5.71 Å². The van der Waals surface area contributed by atoms with E-state index in [1.54, 1.807) is 25.7 Å². The molecule has 166 valence electrons. The van der Waals surface area contributed by atoms with Crippen LogP contribution in [0.2, 0.25) is 0 Å². The van der Waals surface area contributed by atoms with Crippen molar-refractivity contribution in [2.45, 2.75) is 57.7 Å². The van der Waals surface area contributed by atoms with Crippen molar-refractivity contribution in [3.05, 3.63) is 35.7 Å². The molecule has 2 atom stereocenters. The first-order chi connectivity index (χ1) is 14.7. The van der Waals surface area contributed by atoms with E-state index in [0.717, 1.165) is 6.07 Å². The van der Waals surface area contributed by atoms with Gasteiger partial charge >= 0.3 is 6.18 Å². The quantitative estimate of drug-likeness (QED) is 0.616. The number of carbonyl (C=O) groups excluding carboxylic acids is 1. The van der Waals surface area contributed by atoms with E-state index in [0.29, 0.717) is 25.1 Å². The molecule has 0 bridgehead atoms. The molecular formula is C20H23F3N6O2. The molecule has 1 amide bonds. The molecule has 8 nitrogen and oxygen atoms in total. The molecular weight excluding hydrogens is 413 g/mol. The number of piperidine rings is 1. The van der Waals surface area contributed by atoms with E-state index in [2.05, 4.69) is 20.2 Å². The molecule has 0 radical (unpaired) electrons. The molecule has 1 aliphatic heterocycles. The van der Waals surface area contributed by atoms with Gasteiger partial charge in [-0.1, -0.05) is 19.0 Å². The lowest BCUT2D eigenvalue weighted by Crippen LogP contribution is -2.42. The molecule has 0 unspecified atom stereocenters. The van der Waals surface area contributed by atoms with Crippen LogP contribution in [0.3, 0.4) is 0 Å². The predicted molar refractivity (Wildman–Crippen MR) is 104 cm³/mol. The Morgan fingerprint density at radius 2 is 2.06 bits per heavy atom. The molecule has 1 saturated heterocycles. The number of fused-ring (bicyclic) bond motifs is 1. The summed E-state index contributed by atoms with van der Waals surface area (Å²) >= 11 is 0. The van der Waals surface area contributed by atoms with Gasteiger partial charge in [0.1, 0.15) is 18.7 Å². The highest BCUT2D eigenvalue weighted by Crippen LogP contribution is 2.40. The number of hydrogen-bond donors (Lipinski definition) is 0. The number of halogens is 3. The number of carbonyl (C=O) groups is 1. The van der Waals surface area contributed by atoms with Gasteiger partial charge in [-0.05, 0) is 31.7 Å². The zero-order valence-electron chi connectivity index (χ0n) is 17.4. The Morgan fingerprint density at radius 1 is 1.29 bits per heavy atom. The van der Waals surface area contributed by atoms with Crippen LogP contribution in [-0.2, 0) is 11.0 Å². The first-order valence-electron chi connectivity index (χ1n) is 10.2. The molecule has 0 saturated carbocycles. The second-order valence-electron chi connectivity index (χ2n) is 8.17. The standard InChI is InChI=1S/C20H23F3N6O2/c1-11(2)15-7-14(20(21,22)23)16-17(27-31-18(16)26-15)13-5-4-6-28(8-13)19(30)12(3)29-10-24-9-25-29/h7,9-13H,4-6,8H2,1-3H3/t12-,13-/m0/s1. The van der Waals surface area contributed by atoms with Gasteiger partial charge in [-0.3, -0.25) is 4.79 Å². The van der Waals surface area contributed by atoms with Crippen molar-refractivity contribution in [3.63, 3.8) is 0 Å². The fourth-order valence-corrected chi connectivity index (χ4v) is 3.99. The number of hydrogen-bond acceptors (Lipinski definition) is 6. The molecule has 31 heavy (non-hydrogen) atoms. The summed E-state index contributed by atoms with van der Waals surface area (Å²) in [6.07, 6.45) is -0.513. The van der Waals surface area contributed by atoms with Crippen LogP contribution in [0.5, 0.6) is 0 Å². The van der Waals surface area contributed by atoms with E-state index in [-0.39, 0.29) is 41.1 Å². The zero-order valence-corrected chi connectivity index (χ0v) is 17.4. The summed E-state index contributed by atoms with van der Waals surface area (Å²) in [5, 5.41) is 7.87. The Labute approximate surface area is 176 Å². The third-order valence-electron chi connectivity index (χ3n) is 5.70. The Bertz CT molecular complexity index is 1080. The Morgan fingerprint density at radius 3 is 2.71 bits per heavy atom. The smallest absolute Gasteiger partial charge is 0.340 e. The minimum atomic E-state index is -4.57. The van der Waals surface area contributed by atoms with E-state index >= 15 is 0 Å². The first kappa shape index (κ1) is 21.3. The zero-order chi connectivity index (χ0) is 22.3. The van der Waals surface area contributed by atoms with Gasteiger partial charge in [-0.2, -0.15) is 18.3 Å². The molecule has 1 fully saturated rings. The van der Waals surface area contributed by atoms with Crippen molar-refractivity contribution in [1.82, 2.24) is 29.8 Å². The fourth-order valence-electron chi connectivity index (χ4n) is 3.99. The number of alkyl halides is 3. The topological polar surface area (TPSA) is 89.9 Å².